The van der Waals surface area contributed by atoms with Crippen molar-refractivity contribution >= 4 is 5.97 Å². The van der Waals surface area contributed by atoms with E-state index < -0.39 is 12.1 Å². The minimum atomic E-state index is -0.445. The Hall–Kier alpha value is -1.39. The van der Waals surface area contributed by atoms with Crippen LogP contribution in [0.15, 0.2) is 37.5 Å². The number of rotatable bonds is 10. The van der Waals surface area contributed by atoms with Gasteiger partial charge in [0.2, 0.25) is 0 Å². The molecule has 0 atom stereocenters. The average molecular weight is 240 g/mol. The van der Waals surface area contributed by atoms with Gasteiger partial charge in [-0.3, -0.25) is 0 Å². The molecular formula is C13H20O4. The van der Waals surface area contributed by atoms with Crippen LogP contribution in [0.2, 0.25) is 0 Å². The van der Waals surface area contributed by atoms with Gasteiger partial charge in [-0.1, -0.05) is 18.7 Å². The molecule has 17 heavy (non-hydrogen) atoms. The number of ether oxygens (including phenoxy) is 3. The van der Waals surface area contributed by atoms with Gasteiger partial charge < -0.3 is 14.2 Å². The Kier molecular flexibility index (Phi) is 9.01. The number of hydrogen-bond acceptors (Lipinski definition) is 4. The Morgan fingerprint density at radius 1 is 1.18 bits per heavy atom. The fraction of sp³-hybridized carbons (Fsp3) is 0.462. The smallest absolute Gasteiger partial charge is 0.333 e. The topological polar surface area (TPSA) is 44.8 Å². The number of carbonyl (C=O) groups is 1. The van der Waals surface area contributed by atoms with Gasteiger partial charge in [0.05, 0.1) is 26.4 Å². The molecule has 4 nitrogen and oxygen atoms in total. The lowest BCUT2D eigenvalue weighted by molar-refractivity contribution is -0.150. The van der Waals surface area contributed by atoms with E-state index in [0.717, 1.165) is 0 Å². The first-order valence-electron chi connectivity index (χ1n) is 5.35. The zero-order chi connectivity index (χ0) is 13.1. The molecule has 0 saturated carbocycles. The van der Waals surface area contributed by atoms with E-state index in [1.54, 1.807) is 19.1 Å². The summed E-state index contributed by atoms with van der Waals surface area (Å²) in [6, 6.07) is 0. The molecule has 0 aliphatic heterocycles. The third-order valence-corrected chi connectivity index (χ3v) is 1.70. The third-order valence-electron chi connectivity index (χ3n) is 1.70. The lowest BCUT2D eigenvalue weighted by Gasteiger charge is -2.17. The predicted octanol–water partition coefficient (Wildman–Crippen LogP) is 1.88. The highest BCUT2D eigenvalue weighted by molar-refractivity contribution is 5.87. The van der Waals surface area contributed by atoms with Crippen molar-refractivity contribution in [2.75, 3.05) is 26.4 Å². The van der Waals surface area contributed by atoms with E-state index in [-0.39, 0.29) is 13.2 Å². The van der Waals surface area contributed by atoms with Gasteiger partial charge >= 0.3 is 5.97 Å². The molecule has 4 heteroatoms. The van der Waals surface area contributed by atoms with Crippen LogP contribution in [-0.2, 0) is 19.0 Å². The third kappa shape index (κ3) is 8.42. The van der Waals surface area contributed by atoms with Gasteiger partial charge in [0.25, 0.3) is 0 Å². The SMILES string of the molecule is C=CCOCC(COCC=C)OC(=O)C(=C)C. The minimum absolute atomic E-state index is 0.266. The van der Waals surface area contributed by atoms with Crippen LogP contribution >= 0.6 is 0 Å². The Bertz CT molecular complexity index is 257. The molecular weight excluding hydrogens is 220 g/mol. The summed E-state index contributed by atoms with van der Waals surface area (Å²) >= 11 is 0. The first-order valence-corrected chi connectivity index (χ1v) is 5.35. The van der Waals surface area contributed by atoms with Crippen LogP contribution in [0.25, 0.3) is 0 Å². The Morgan fingerprint density at radius 3 is 2.00 bits per heavy atom. The fourth-order valence-electron chi connectivity index (χ4n) is 0.934. The molecule has 0 aromatic rings. The summed E-state index contributed by atoms with van der Waals surface area (Å²) < 4.78 is 15.6. The van der Waals surface area contributed by atoms with Crippen molar-refractivity contribution in [1.29, 1.82) is 0 Å². The summed E-state index contributed by atoms with van der Waals surface area (Å²) in [5.41, 5.74) is 0.349. The van der Waals surface area contributed by atoms with Gasteiger partial charge in [-0.15, -0.1) is 13.2 Å². The Morgan fingerprint density at radius 2 is 1.65 bits per heavy atom. The average Bonchev–Trinajstić information content (AvgIpc) is 2.29. The van der Waals surface area contributed by atoms with Crippen molar-refractivity contribution in [3.8, 4) is 0 Å². The van der Waals surface area contributed by atoms with E-state index >= 15 is 0 Å². The molecule has 0 unspecified atom stereocenters. The van der Waals surface area contributed by atoms with Crippen LogP contribution in [0, 0.1) is 0 Å². The maximum atomic E-state index is 11.3. The van der Waals surface area contributed by atoms with Gasteiger partial charge in [0, 0.05) is 5.57 Å². The molecule has 0 N–H and O–H groups in total. The van der Waals surface area contributed by atoms with E-state index in [4.69, 9.17) is 14.2 Å². The second-order valence-electron chi connectivity index (χ2n) is 3.46. The first-order chi connectivity index (χ1) is 8.11. The van der Waals surface area contributed by atoms with Crippen LogP contribution in [0.5, 0.6) is 0 Å². The van der Waals surface area contributed by atoms with Crippen molar-refractivity contribution in [1.82, 2.24) is 0 Å². The van der Waals surface area contributed by atoms with Gasteiger partial charge in [-0.2, -0.15) is 0 Å². The molecule has 0 rings (SSSR count). The highest BCUT2D eigenvalue weighted by Crippen LogP contribution is 2.01. The Balaban J connectivity index is 4.08. The molecule has 0 spiro atoms. The van der Waals surface area contributed by atoms with Gasteiger partial charge in [0.15, 0.2) is 0 Å². The number of hydrogen-bond donors (Lipinski definition) is 0. The minimum Gasteiger partial charge on any atom is -0.454 e. The second kappa shape index (κ2) is 9.81. The van der Waals surface area contributed by atoms with E-state index in [1.807, 2.05) is 0 Å². The highest BCUT2D eigenvalue weighted by Gasteiger charge is 2.15. The van der Waals surface area contributed by atoms with E-state index in [2.05, 4.69) is 19.7 Å². The molecule has 0 bridgehead atoms. The molecule has 0 amide bonds. The predicted molar refractivity (Wildman–Crippen MR) is 66.7 cm³/mol. The van der Waals surface area contributed by atoms with Gasteiger partial charge in [0.1, 0.15) is 6.10 Å². The summed E-state index contributed by atoms with van der Waals surface area (Å²) in [5, 5.41) is 0. The molecule has 0 saturated heterocycles. The number of carbonyl (C=O) groups excluding carboxylic acids is 1. The lowest BCUT2D eigenvalue weighted by Crippen LogP contribution is -2.29. The first kappa shape index (κ1) is 15.6. The molecule has 0 aromatic carbocycles. The van der Waals surface area contributed by atoms with Crippen LogP contribution in [0.3, 0.4) is 0 Å². The van der Waals surface area contributed by atoms with Crippen molar-refractivity contribution in [3.63, 3.8) is 0 Å². The lowest BCUT2D eigenvalue weighted by atomic mass is 10.3. The summed E-state index contributed by atoms with van der Waals surface area (Å²) in [6.07, 6.45) is 2.81. The van der Waals surface area contributed by atoms with Crippen molar-refractivity contribution in [2.45, 2.75) is 13.0 Å². The number of esters is 1. The maximum absolute atomic E-state index is 11.3. The summed E-state index contributed by atoms with van der Waals surface area (Å²) in [4.78, 5) is 11.3. The maximum Gasteiger partial charge on any atom is 0.333 e. The highest BCUT2D eigenvalue weighted by atomic mass is 16.6. The zero-order valence-electron chi connectivity index (χ0n) is 10.3. The largest absolute Gasteiger partial charge is 0.454 e. The van der Waals surface area contributed by atoms with Crippen molar-refractivity contribution < 1.29 is 19.0 Å². The van der Waals surface area contributed by atoms with Crippen molar-refractivity contribution in [2.24, 2.45) is 0 Å². The Labute approximate surface area is 103 Å². The molecule has 0 heterocycles. The normalized spacial score (nSPS) is 10.0. The fourth-order valence-corrected chi connectivity index (χ4v) is 0.934. The van der Waals surface area contributed by atoms with E-state index in [1.165, 1.54) is 0 Å². The summed E-state index contributed by atoms with van der Waals surface area (Å²) in [7, 11) is 0. The summed E-state index contributed by atoms with van der Waals surface area (Å²) in [6.45, 7) is 13.5. The van der Waals surface area contributed by atoms with Crippen LogP contribution < -0.4 is 0 Å². The van der Waals surface area contributed by atoms with Gasteiger partial charge in [-0.25, -0.2) is 4.79 Å². The van der Waals surface area contributed by atoms with Crippen molar-refractivity contribution in [3.05, 3.63) is 37.5 Å². The molecule has 0 aromatic heterocycles. The molecule has 0 aliphatic carbocycles. The van der Waals surface area contributed by atoms with Crippen LogP contribution in [0.1, 0.15) is 6.92 Å². The zero-order valence-corrected chi connectivity index (χ0v) is 10.3. The van der Waals surface area contributed by atoms with Gasteiger partial charge in [-0.05, 0) is 6.92 Å². The standard InChI is InChI=1S/C13H20O4/c1-5-7-15-9-12(10-16-8-6-2)17-13(14)11(3)4/h5-6,12H,1-3,7-10H2,4H3. The second-order valence-corrected chi connectivity index (χ2v) is 3.46. The molecule has 0 radical (unpaired) electrons. The molecule has 96 valence electrons. The monoisotopic (exact) mass is 240 g/mol. The van der Waals surface area contributed by atoms with E-state index in [0.29, 0.717) is 18.8 Å². The molecule has 0 aliphatic rings. The molecule has 0 fully saturated rings. The van der Waals surface area contributed by atoms with Crippen LogP contribution in [0.4, 0.5) is 0 Å². The van der Waals surface area contributed by atoms with E-state index in [9.17, 15) is 4.79 Å². The summed E-state index contributed by atoms with van der Waals surface area (Å²) in [5.74, 6) is -0.445. The quantitative estimate of drug-likeness (QED) is 0.253. The van der Waals surface area contributed by atoms with Crippen LogP contribution in [-0.4, -0.2) is 38.5 Å².